The third-order valence-electron chi connectivity index (χ3n) is 0.140. The molecule has 0 amide bonds. The molecule has 0 aromatic carbocycles. The first-order valence-corrected chi connectivity index (χ1v) is 4.46. The van der Waals surface area contributed by atoms with E-state index in [9.17, 15) is 4.57 Å². The van der Waals surface area contributed by atoms with Gasteiger partial charge in [-0.05, 0) is 0 Å². The molecule has 9 nitrogen and oxygen atoms in total. The van der Waals surface area contributed by atoms with E-state index in [2.05, 4.69) is 4.62 Å². The molecule has 0 spiro atoms. The van der Waals surface area contributed by atoms with Crippen LogP contribution in [0.1, 0.15) is 0 Å². The van der Waals surface area contributed by atoms with Gasteiger partial charge in [0.1, 0.15) is 0 Å². The monoisotopic (exact) mass is 209 g/mol. The minimum atomic E-state index is -4.64. The molecular weight excluding hydrogens is 204 g/mol. The molecule has 11 heavy (non-hydrogen) atoms. The second kappa shape index (κ2) is 6.56. The largest absolute Gasteiger partial charge is 0.547 e. The van der Waals surface area contributed by atoms with Gasteiger partial charge in [0, 0.05) is 0 Å². The van der Waals surface area contributed by atoms with Crippen LogP contribution in [0, 0.1) is 4.91 Å². The minimum Gasteiger partial charge on any atom is -0.328 e. The maximum absolute atomic E-state index is 9.41. The number of hydrogen-bond donors (Lipinski definition) is 5. The molecule has 11 heteroatoms. The zero-order chi connectivity index (χ0) is 9.49. The van der Waals surface area contributed by atoms with E-state index in [1.165, 1.54) is 5.34 Å². The van der Waals surface area contributed by atoms with Crippen LogP contribution in [-0.2, 0) is 9.19 Å². The molecule has 68 valence electrons. The fourth-order valence-electron chi connectivity index (χ4n) is 0.0434. The fraction of sp³-hybridized carbons (Fsp3) is 0. The van der Waals surface area contributed by atoms with Gasteiger partial charge in [-0.15, -0.1) is 4.91 Å². The summed E-state index contributed by atoms with van der Waals surface area (Å²) in [7, 11) is -7.27. The third-order valence-corrected chi connectivity index (χ3v) is 0.419. The summed E-state index contributed by atoms with van der Waals surface area (Å²) in [5.74, 6) is 0. The number of rotatable bonds is 2. The Balaban J connectivity index is 0. The molecule has 0 radical (unpaired) electrons. The summed E-state index contributed by atoms with van der Waals surface area (Å²) in [6, 6.07) is 0. The van der Waals surface area contributed by atoms with Crippen molar-refractivity contribution < 1.29 is 33.7 Å². The molecule has 5 N–H and O–H groups in total. The molecule has 0 saturated heterocycles. The second-order valence-corrected chi connectivity index (χ2v) is 2.60. The molecule has 0 bridgehead atoms. The van der Waals surface area contributed by atoms with Crippen molar-refractivity contribution in [2.24, 2.45) is 5.34 Å². The van der Waals surface area contributed by atoms with Crippen LogP contribution in [-0.4, -0.2) is 24.5 Å². The van der Waals surface area contributed by atoms with Gasteiger partial charge >= 0.3 is 16.4 Å². The molecule has 0 aliphatic rings. The van der Waals surface area contributed by atoms with Crippen LogP contribution in [0.3, 0.4) is 0 Å². The van der Waals surface area contributed by atoms with Crippen molar-refractivity contribution in [3.8, 4) is 0 Å². The summed E-state index contributed by atoms with van der Waals surface area (Å²) in [5, 5.41) is 1.49. The van der Waals surface area contributed by atoms with Crippen molar-refractivity contribution in [2.75, 3.05) is 0 Å². The Labute approximate surface area is 61.4 Å². The Kier molecular flexibility index (Phi) is 8.02. The van der Waals surface area contributed by atoms with E-state index in [-0.39, 0.29) is 0 Å². The van der Waals surface area contributed by atoms with Crippen LogP contribution in [0.4, 0.5) is 0 Å². The highest BCUT2D eigenvalue weighted by molar-refractivity contribution is 7.46. The molecule has 0 aliphatic carbocycles. The quantitative estimate of drug-likeness (QED) is 0.219. The lowest BCUT2D eigenvalue weighted by Gasteiger charge is -1.90. The van der Waals surface area contributed by atoms with Crippen LogP contribution in [0.5, 0.6) is 0 Å². The average molecular weight is 209 g/mol. The van der Waals surface area contributed by atoms with Gasteiger partial charge in [0.25, 0.3) is 0 Å². The molecule has 0 aromatic heterocycles. The van der Waals surface area contributed by atoms with E-state index < -0.39 is 16.4 Å². The van der Waals surface area contributed by atoms with Gasteiger partial charge in [0.2, 0.25) is 0 Å². The highest BCUT2D eigenvalue weighted by atomic mass is 31.2. The van der Waals surface area contributed by atoms with Crippen molar-refractivity contribution >= 4 is 16.4 Å². The molecule has 0 fully saturated rings. The molecule has 0 atom stereocenters. The molecule has 0 rings (SSSR count). The van der Waals surface area contributed by atoms with E-state index in [1.54, 1.807) is 0 Å². The Morgan fingerprint density at radius 2 is 1.55 bits per heavy atom. The average Bonchev–Trinajstić information content (AvgIpc) is 1.58. The normalized spacial score (nSPS) is 10.0. The van der Waals surface area contributed by atoms with E-state index in [4.69, 9.17) is 29.4 Å². The number of nitrogens with zero attached hydrogens (tertiary/aromatic N) is 1. The Morgan fingerprint density at radius 3 is 1.55 bits per heavy atom. The van der Waals surface area contributed by atoms with Gasteiger partial charge in [0.15, 0.2) is 5.34 Å². The topological polar surface area (TPSA) is 157 Å². The molecule has 0 aromatic rings. The summed E-state index contributed by atoms with van der Waals surface area (Å²) in [6.45, 7) is 0. The van der Waals surface area contributed by atoms with Crippen molar-refractivity contribution in [3.63, 3.8) is 0 Å². The lowest BCUT2D eigenvalue weighted by molar-refractivity contribution is 0.202. The first-order valence-electron chi connectivity index (χ1n) is 1.73. The van der Waals surface area contributed by atoms with Crippen LogP contribution < -0.4 is 0 Å². The standard InChI is InChI=1S/H2NO5P.H3O3P/c2-1-6-7(3,4)5;1-4(2)3/h(H2,3,4,5);1-3H. The summed E-state index contributed by atoms with van der Waals surface area (Å²) in [5.41, 5.74) is 0. The van der Waals surface area contributed by atoms with E-state index >= 15 is 0 Å². The highest BCUT2D eigenvalue weighted by Gasteiger charge is 2.14. The van der Waals surface area contributed by atoms with Crippen molar-refractivity contribution in [2.45, 2.75) is 0 Å². The van der Waals surface area contributed by atoms with E-state index in [1.807, 2.05) is 0 Å². The Hall–Kier alpha value is -0.140. The third kappa shape index (κ3) is 40.9. The minimum absolute atomic E-state index is 1.49. The molecular formula is H5NO8P2. The van der Waals surface area contributed by atoms with Crippen LogP contribution in [0.25, 0.3) is 0 Å². The fourth-order valence-corrected chi connectivity index (χ4v) is 0.130. The lowest BCUT2D eigenvalue weighted by Crippen LogP contribution is -1.75. The molecule has 0 aliphatic heterocycles. The highest BCUT2D eigenvalue weighted by Crippen LogP contribution is 2.35. The van der Waals surface area contributed by atoms with Gasteiger partial charge in [0.05, 0.1) is 0 Å². The first-order chi connectivity index (χ1) is 4.79. The zero-order valence-electron chi connectivity index (χ0n) is 4.80. The summed E-state index contributed by atoms with van der Waals surface area (Å²) in [6.07, 6.45) is 0. The summed E-state index contributed by atoms with van der Waals surface area (Å²) >= 11 is 0. The Bertz CT molecular complexity index is 132. The maximum atomic E-state index is 9.41. The summed E-state index contributed by atoms with van der Waals surface area (Å²) in [4.78, 5) is 45.8. The summed E-state index contributed by atoms with van der Waals surface area (Å²) < 4.78 is 12.4. The van der Waals surface area contributed by atoms with Crippen molar-refractivity contribution in [1.82, 2.24) is 0 Å². The lowest BCUT2D eigenvalue weighted by atomic mass is 13.4. The van der Waals surface area contributed by atoms with Gasteiger partial charge in [-0.2, -0.15) is 0 Å². The van der Waals surface area contributed by atoms with Gasteiger partial charge in [-0.1, -0.05) is 0 Å². The van der Waals surface area contributed by atoms with Gasteiger partial charge < -0.3 is 14.7 Å². The smallest absolute Gasteiger partial charge is 0.328 e. The maximum Gasteiger partial charge on any atom is 0.547 e. The molecule has 0 saturated carbocycles. The van der Waals surface area contributed by atoms with E-state index in [0.29, 0.717) is 0 Å². The van der Waals surface area contributed by atoms with Crippen LogP contribution in [0.15, 0.2) is 5.34 Å². The Morgan fingerprint density at radius 1 is 1.27 bits per heavy atom. The number of phosphoric acid groups is 1. The predicted molar refractivity (Wildman–Crippen MR) is 32.5 cm³/mol. The van der Waals surface area contributed by atoms with Crippen LogP contribution >= 0.6 is 16.4 Å². The second-order valence-electron chi connectivity index (χ2n) is 0.915. The predicted octanol–water partition coefficient (Wildman–Crippen LogP) is -1.03. The van der Waals surface area contributed by atoms with Crippen molar-refractivity contribution in [3.05, 3.63) is 4.91 Å². The molecule has 0 heterocycles. The zero-order valence-corrected chi connectivity index (χ0v) is 6.59. The van der Waals surface area contributed by atoms with Crippen molar-refractivity contribution in [1.29, 1.82) is 0 Å². The SMILES string of the molecule is O=NOP(=O)(O)O.OP(O)O. The molecule has 0 unspecified atom stereocenters. The van der Waals surface area contributed by atoms with Gasteiger partial charge in [-0.25, -0.2) is 4.57 Å². The van der Waals surface area contributed by atoms with Gasteiger partial charge in [-0.3, -0.25) is 14.4 Å². The van der Waals surface area contributed by atoms with Crippen LogP contribution in [0.2, 0.25) is 0 Å². The number of hydrogen-bond acceptors (Lipinski definition) is 7. The van der Waals surface area contributed by atoms with E-state index in [0.717, 1.165) is 0 Å². The first kappa shape index (κ1) is 13.4.